The van der Waals surface area contributed by atoms with Crippen LogP contribution in [0.3, 0.4) is 0 Å². The fourth-order valence-corrected chi connectivity index (χ4v) is 1.75. The minimum Gasteiger partial charge on any atom is -0.341 e. The quantitative estimate of drug-likeness (QED) is 0.571. The molecule has 5 nitrogen and oxygen atoms in total. The van der Waals surface area contributed by atoms with Crippen LogP contribution in [-0.4, -0.2) is 27.7 Å². The summed E-state index contributed by atoms with van der Waals surface area (Å²) in [6, 6.07) is 2.60. The number of carbonyl (C=O) groups excluding carboxylic acids is 2. The number of hydrogen-bond acceptors (Lipinski definition) is 4. The standard InChI is InChI=1S/C14H21N3O2S/c1-9(2)11(13(19)17-14(3,4)20)16-12(18)10-5-7-15-8-6-10/h5-9,11,20H,1-4H3,(H,16,18)(H,17,19). The second-order valence-corrected chi connectivity index (χ2v) is 6.60. The molecule has 0 saturated carbocycles. The molecule has 2 amide bonds. The molecule has 0 aliphatic heterocycles. The lowest BCUT2D eigenvalue weighted by Gasteiger charge is -2.26. The Morgan fingerprint density at radius 2 is 1.80 bits per heavy atom. The van der Waals surface area contributed by atoms with Crippen molar-refractivity contribution in [2.24, 2.45) is 5.92 Å². The maximum Gasteiger partial charge on any atom is 0.252 e. The molecule has 0 radical (unpaired) electrons. The molecular weight excluding hydrogens is 274 g/mol. The highest BCUT2D eigenvalue weighted by Gasteiger charge is 2.27. The van der Waals surface area contributed by atoms with E-state index in [0.29, 0.717) is 5.56 Å². The van der Waals surface area contributed by atoms with E-state index in [1.807, 2.05) is 13.8 Å². The first-order chi connectivity index (χ1) is 9.20. The van der Waals surface area contributed by atoms with Gasteiger partial charge >= 0.3 is 0 Å². The van der Waals surface area contributed by atoms with Gasteiger partial charge in [0.2, 0.25) is 5.91 Å². The monoisotopic (exact) mass is 295 g/mol. The summed E-state index contributed by atoms with van der Waals surface area (Å²) in [5, 5.41) is 5.50. The molecule has 110 valence electrons. The van der Waals surface area contributed by atoms with E-state index in [-0.39, 0.29) is 17.7 Å². The van der Waals surface area contributed by atoms with Crippen molar-refractivity contribution in [2.45, 2.75) is 38.6 Å². The molecule has 0 bridgehead atoms. The van der Waals surface area contributed by atoms with Crippen molar-refractivity contribution in [3.05, 3.63) is 30.1 Å². The number of carbonyl (C=O) groups is 2. The van der Waals surface area contributed by atoms with Gasteiger partial charge < -0.3 is 10.6 Å². The highest BCUT2D eigenvalue weighted by Crippen LogP contribution is 2.10. The molecule has 1 atom stereocenters. The van der Waals surface area contributed by atoms with Gasteiger partial charge in [0.25, 0.3) is 5.91 Å². The van der Waals surface area contributed by atoms with Gasteiger partial charge in [-0.2, -0.15) is 12.6 Å². The molecule has 0 aliphatic carbocycles. The number of nitrogens with zero attached hydrogens (tertiary/aromatic N) is 1. The van der Waals surface area contributed by atoms with Gasteiger partial charge in [0.05, 0.1) is 4.87 Å². The molecule has 1 rings (SSSR count). The molecule has 6 heteroatoms. The molecule has 1 unspecified atom stereocenters. The number of aromatic nitrogens is 1. The summed E-state index contributed by atoms with van der Waals surface area (Å²) in [5.74, 6) is -0.572. The molecule has 0 aliphatic rings. The number of hydrogen-bond donors (Lipinski definition) is 3. The van der Waals surface area contributed by atoms with E-state index < -0.39 is 10.9 Å². The van der Waals surface area contributed by atoms with Crippen LogP contribution in [-0.2, 0) is 4.79 Å². The molecule has 0 spiro atoms. The molecule has 1 heterocycles. The van der Waals surface area contributed by atoms with Crippen molar-refractivity contribution in [1.29, 1.82) is 0 Å². The summed E-state index contributed by atoms with van der Waals surface area (Å²) in [5.41, 5.74) is 0.476. The number of nitrogens with one attached hydrogen (secondary N) is 2. The number of thiol groups is 1. The van der Waals surface area contributed by atoms with Crippen LogP contribution in [0, 0.1) is 5.92 Å². The molecular formula is C14H21N3O2S. The fourth-order valence-electron chi connectivity index (χ4n) is 1.64. The van der Waals surface area contributed by atoms with Crippen LogP contribution in [0.1, 0.15) is 38.1 Å². The predicted molar refractivity (Wildman–Crippen MR) is 81.5 cm³/mol. The molecule has 0 fully saturated rings. The van der Waals surface area contributed by atoms with Crippen LogP contribution >= 0.6 is 12.6 Å². The number of rotatable bonds is 5. The molecule has 1 aromatic heterocycles. The topological polar surface area (TPSA) is 71.1 Å². The average molecular weight is 295 g/mol. The van der Waals surface area contributed by atoms with E-state index in [1.165, 1.54) is 12.4 Å². The SMILES string of the molecule is CC(C)C(NC(=O)c1ccncc1)C(=O)NC(C)(C)S. The van der Waals surface area contributed by atoms with Crippen molar-refractivity contribution in [2.75, 3.05) is 0 Å². The Kier molecular flexibility index (Phi) is 5.56. The van der Waals surface area contributed by atoms with Crippen molar-refractivity contribution in [3.8, 4) is 0 Å². The van der Waals surface area contributed by atoms with Crippen molar-refractivity contribution < 1.29 is 9.59 Å². The molecule has 20 heavy (non-hydrogen) atoms. The highest BCUT2D eigenvalue weighted by atomic mass is 32.1. The lowest BCUT2D eigenvalue weighted by molar-refractivity contribution is -0.124. The third kappa shape index (κ3) is 5.21. The summed E-state index contributed by atoms with van der Waals surface area (Å²) in [4.78, 5) is 27.5. The molecule has 0 saturated heterocycles. The van der Waals surface area contributed by atoms with E-state index in [0.717, 1.165) is 0 Å². The first kappa shape index (κ1) is 16.5. The Balaban J connectivity index is 2.78. The van der Waals surface area contributed by atoms with Crippen LogP contribution < -0.4 is 10.6 Å². The largest absolute Gasteiger partial charge is 0.341 e. The summed E-state index contributed by atoms with van der Waals surface area (Å²) in [6.07, 6.45) is 3.08. The fraction of sp³-hybridized carbons (Fsp3) is 0.500. The van der Waals surface area contributed by atoms with Gasteiger partial charge in [-0.25, -0.2) is 0 Å². The van der Waals surface area contributed by atoms with Crippen LogP contribution in [0.5, 0.6) is 0 Å². The maximum atomic E-state index is 12.2. The van der Waals surface area contributed by atoms with E-state index >= 15 is 0 Å². The van der Waals surface area contributed by atoms with Gasteiger partial charge in [-0.3, -0.25) is 14.6 Å². The zero-order valence-electron chi connectivity index (χ0n) is 12.2. The van der Waals surface area contributed by atoms with Gasteiger partial charge in [-0.05, 0) is 31.9 Å². The summed E-state index contributed by atoms with van der Waals surface area (Å²) >= 11 is 4.26. The van der Waals surface area contributed by atoms with Gasteiger partial charge in [0, 0.05) is 18.0 Å². The predicted octanol–water partition coefficient (Wildman–Crippen LogP) is 1.62. The van der Waals surface area contributed by atoms with Crippen molar-refractivity contribution >= 4 is 24.4 Å². The Bertz CT molecular complexity index is 469. The summed E-state index contributed by atoms with van der Waals surface area (Å²) in [6.45, 7) is 7.30. The van der Waals surface area contributed by atoms with Crippen LogP contribution in [0.25, 0.3) is 0 Å². The Morgan fingerprint density at radius 1 is 1.25 bits per heavy atom. The highest BCUT2D eigenvalue weighted by molar-refractivity contribution is 7.81. The number of amides is 2. The average Bonchev–Trinajstić information content (AvgIpc) is 2.34. The van der Waals surface area contributed by atoms with Crippen molar-refractivity contribution in [3.63, 3.8) is 0 Å². The third-order valence-electron chi connectivity index (χ3n) is 2.61. The Labute approximate surface area is 125 Å². The van der Waals surface area contributed by atoms with E-state index in [1.54, 1.807) is 26.0 Å². The van der Waals surface area contributed by atoms with Gasteiger partial charge in [-0.15, -0.1) is 0 Å². The lowest BCUT2D eigenvalue weighted by atomic mass is 10.0. The zero-order valence-corrected chi connectivity index (χ0v) is 13.1. The summed E-state index contributed by atoms with van der Waals surface area (Å²) in [7, 11) is 0. The van der Waals surface area contributed by atoms with E-state index in [4.69, 9.17) is 0 Å². The normalized spacial score (nSPS) is 12.9. The Hall–Kier alpha value is -1.56. The molecule has 2 N–H and O–H groups in total. The van der Waals surface area contributed by atoms with Gasteiger partial charge in [0.1, 0.15) is 6.04 Å². The second kappa shape index (κ2) is 6.74. The minimum absolute atomic E-state index is 0.0310. The smallest absolute Gasteiger partial charge is 0.252 e. The first-order valence-electron chi connectivity index (χ1n) is 6.46. The van der Waals surface area contributed by atoms with Crippen LogP contribution in [0.2, 0.25) is 0 Å². The lowest BCUT2D eigenvalue weighted by Crippen LogP contribution is -2.53. The maximum absolute atomic E-state index is 12.2. The third-order valence-corrected chi connectivity index (χ3v) is 2.72. The van der Waals surface area contributed by atoms with Crippen LogP contribution in [0.4, 0.5) is 0 Å². The summed E-state index contributed by atoms with van der Waals surface area (Å²) < 4.78 is 0. The van der Waals surface area contributed by atoms with E-state index in [9.17, 15) is 9.59 Å². The number of pyridine rings is 1. The van der Waals surface area contributed by atoms with Gasteiger partial charge in [-0.1, -0.05) is 13.8 Å². The van der Waals surface area contributed by atoms with E-state index in [2.05, 4.69) is 28.2 Å². The van der Waals surface area contributed by atoms with Crippen molar-refractivity contribution in [1.82, 2.24) is 15.6 Å². The first-order valence-corrected chi connectivity index (χ1v) is 6.90. The zero-order chi connectivity index (χ0) is 15.3. The molecule has 0 aromatic carbocycles. The minimum atomic E-state index is -0.633. The second-order valence-electron chi connectivity index (χ2n) is 5.48. The van der Waals surface area contributed by atoms with Gasteiger partial charge in [0.15, 0.2) is 0 Å². The Morgan fingerprint density at radius 3 is 2.25 bits per heavy atom. The molecule has 1 aromatic rings. The van der Waals surface area contributed by atoms with Crippen LogP contribution in [0.15, 0.2) is 24.5 Å².